The largest absolute Gasteiger partial charge is 0.248 e. The van der Waals surface area contributed by atoms with Gasteiger partial charge in [0.25, 0.3) is 0 Å². The number of hydrogen-bond acceptors (Lipinski definition) is 1. The average Bonchev–Trinajstić information content (AvgIpc) is 2.53. The molecule has 0 unspecified atom stereocenters. The molecule has 0 saturated heterocycles. The summed E-state index contributed by atoms with van der Waals surface area (Å²) in [7, 11) is 0. The minimum Gasteiger partial charge on any atom is -0.248 e. The Hall–Kier alpha value is -2.41. The van der Waals surface area contributed by atoms with Gasteiger partial charge >= 0.3 is 0 Å². The lowest BCUT2D eigenvalue weighted by atomic mass is 10.0. The predicted molar refractivity (Wildman–Crippen MR) is 91.4 cm³/mol. The monoisotopic (exact) mass is 273 g/mol. The van der Waals surface area contributed by atoms with Crippen LogP contribution in [0.2, 0.25) is 0 Å². The van der Waals surface area contributed by atoms with Gasteiger partial charge in [0.15, 0.2) is 0 Å². The van der Waals surface area contributed by atoms with Crippen LogP contribution in [0.4, 0.5) is 0 Å². The highest BCUT2D eigenvalue weighted by Gasteiger charge is 2.01. The fourth-order valence-corrected chi connectivity index (χ4v) is 2.65. The number of fused-ring (bicyclic) bond motifs is 1. The van der Waals surface area contributed by atoms with Crippen LogP contribution >= 0.6 is 0 Å². The van der Waals surface area contributed by atoms with Crippen molar-refractivity contribution >= 4 is 22.9 Å². The van der Waals surface area contributed by atoms with Crippen LogP contribution in [0.25, 0.3) is 34.2 Å². The van der Waals surface area contributed by atoms with Crippen molar-refractivity contribution < 1.29 is 0 Å². The highest BCUT2D eigenvalue weighted by Crippen LogP contribution is 2.23. The average molecular weight is 273 g/mol. The smallest absolute Gasteiger partial charge is 0.0709 e. The van der Waals surface area contributed by atoms with Crippen LogP contribution in [0.5, 0.6) is 0 Å². The van der Waals surface area contributed by atoms with Crippen LogP contribution in [0.3, 0.4) is 0 Å². The van der Waals surface area contributed by atoms with Crippen LogP contribution in [0.1, 0.15) is 19.4 Å². The second-order valence-corrected chi connectivity index (χ2v) is 5.31. The van der Waals surface area contributed by atoms with Gasteiger partial charge in [-0.15, -0.1) is 0 Å². The molecule has 0 aliphatic carbocycles. The lowest BCUT2D eigenvalue weighted by Gasteiger charge is -2.05. The normalized spacial score (nSPS) is 13.1. The molecular formula is C20H19N. The summed E-state index contributed by atoms with van der Waals surface area (Å²) in [6.07, 6.45) is 4.15. The lowest BCUT2D eigenvalue weighted by Crippen LogP contribution is -2.27. The predicted octanol–water partition coefficient (Wildman–Crippen LogP) is 3.81. The van der Waals surface area contributed by atoms with Crippen LogP contribution in [-0.4, -0.2) is 4.98 Å². The molecule has 1 aromatic heterocycles. The maximum Gasteiger partial charge on any atom is 0.0709 e. The fraction of sp³-hybridized carbons (Fsp3) is 0.150. The summed E-state index contributed by atoms with van der Waals surface area (Å²) >= 11 is 0. The van der Waals surface area contributed by atoms with Crippen molar-refractivity contribution in [1.82, 2.24) is 4.98 Å². The number of aryl methyl sites for hydroxylation is 1. The third-order valence-electron chi connectivity index (χ3n) is 3.83. The van der Waals surface area contributed by atoms with Crippen LogP contribution in [0, 0.1) is 6.92 Å². The zero-order chi connectivity index (χ0) is 14.8. The minimum atomic E-state index is 1.02. The first kappa shape index (κ1) is 13.6. The molecule has 0 spiro atoms. The molecular weight excluding hydrogens is 254 g/mol. The Morgan fingerprint density at radius 2 is 1.57 bits per heavy atom. The molecule has 0 radical (unpaired) electrons. The molecule has 1 heterocycles. The molecule has 0 fully saturated rings. The van der Waals surface area contributed by atoms with Gasteiger partial charge in [0.1, 0.15) is 0 Å². The minimum absolute atomic E-state index is 1.02. The Bertz CT molecular complexity index is 920. The summed E-state index contributed by atoms with van der Waals surface area (Å²) in [5.74, 6) is 0. The number of pyridine rings is 1. The summed E-state index contributed by atoms with van der Waals surface area (Å²) in [5, 5.41) is 4.75. The molecule has 0 saturated carbocycles. The maximum atomic E-state index is 4.77. The van der Waals surface area contributed by atoms with Gasteiger partial charge in [-0.05, 0) is 48.9 Å². The summed E-state index contributed by atoms with van der Waals surface area (Å²) in [5.41, 5.74) is 3.48. The van der Waals surface area contributed by atoms with E-state index in [-0.39, 0.29) is 0 Å². The molecule has 3 aromatic rings. The Kier molecular flexibility index (Phi) is 3.57. The van der Waals surface area contributed by atoms with Gasteiger partial charge < -0.3 is 0 Å². The van der Waals surface area contributed by atoms with Gasteiger partial charge in [0, 0.05) is 5.56 Å². The van der Waals surface area contributed by atoms with Crippen molar-refractivity contribution in [1.29, 1.82) is 0 Å². The van der Waals surface area contributed by atoms with E-state index in [1.807, 2.05) is 13.8 Å². The van der Waals surface area contributed by atoms with Gasteiger partial charge in [-0.3, -0.25) is 0 Å². The zero-order valence-electron chi connectivity index (χ0n) is 12.7. The van der Waals surface area contributed by atoms with Gasteiger partial charge in [-0.2, -0.15) is 0 Å². The number of rotatable bonds is 1. The zero-order valence-corrected chi connectivity index (χ0v) is 12.7. The van der Waals surface area contributed by atoms with Gasteiger partial charge in [-0.25, -0.2) is 4.98 Å². The van der Waals surface area contributed by atoms with E-state index in [1.54, 1.807) is 0 Å². The number of benzene rings is 2. The lowest BCUT2D eigenvalue weighted by molar-refractivity contribution is 1.22. The summed E-state index contributed by atoms with van der Waals surface area (Å²) in [6, 6.07) is 17.3. The Morgan fingerprint density at radius 3 is 2.33 bits per heavy atom. The molecule has 0 N–H and O–H groups in total. The molecule has 0 aliphatic heterocycles. The van der Waals surface area contributed by atoms with Crippen molar-refractivity contribution in [3.05, 3.63) is 64.7 Å². The number of aromatic nitrogens is 1. The number of hydrogen-bond donors (Lipinski definition) is 0. The topological polar surface area (TPSA) is 12.9 Å². The van der Waals surface area contributed by atoms with E-state index < -0.39 is 0 Å². The summed E-state index contributed by atoms with van der Waals surface area (Å²) in [6.45, 7) is 6.20. The molecule has 0 aliphatic rings. The molecule has 104 valence electrons. The molecule has 21 heavy (non-hydrogen) atoms. The van der Waals surface area contributed by atoms with Crippen molar-refractivity contribution in [2.24, 2.45) is 0 Å². The van der Waals surface area contributed by atoms with Crippen LogP contribution in [-0.2, 0) is 0 Å². The maximum absolute atomic E-state index is 4.77. The first-order chi connectivity index (χ1) is 10.2. The molecule has 0 atom stereocenters. The summed E-state index contributed by atoms with van der Waals surface area (Å²) < 4.78 is 0. The molecule has 3 rings (SSSR count). The fourth-order valence-electron chi connectivity index (χ4n) is 2.65. The van der Waals surface area contributed by atoms with Crippen LogP contribution < -0.4 is 10.6 Å². The third-order valence-corrected chi connectivity index (χ3v) is 3.83. The van der Waals surface area contributed by atoms with E-state index in [4.69, 9.17) is 4.98 Å². The molecule has 1 nitrogen and oxygen atoms in total. The van der Waals surface area contributed by atoms with E-state index in [2.05, 4.69) is 67.6 Å². The van der Waals surface area contributed by atoms with Crippen LogP contribution in [0.15, 0.2) is 48.5 Å². The SMILES string of the molecule is C/C=c1/ccc(-c2ccc3cc(C)ccc3c2)n/c1=C/C. The number of nitrogens with zero attached hydrogens (tertiary/aromatic N) is 1. The Balaban J connectivity index is 2.19. The van der Waals surface area contributed by atoms with E-state index in [9.17, 15) is 0 Å². The van der Waals surface area contributed by atoms with Crippen molar-refractivity contribution in [2.45, 2.75) is 20.8 Å². The first-order valence-corrected chi connectivity index (χ1v) is 7.32. The standard InChI is InChI=1S/C20H19N/c1-4-15-10-11-20(21-19(15)5-2)18-9-8-16-12-14(3)6-7-17(16)13-18/h4-13H,1-3H3/b15-4-,19-5+. The van der Waals surface area contributed by atoms with Gasteiger partial charge in [0.2, 0.25) is 0 Å². The summed E-state index contributed by atoms with van der Waals surface area (Å²) in [4.78, 5) is 4.77. The second kappa shape index (κ2) is 5.53. The highest BCUT2D eigenvalue weighted by atomic mass is 14.7. The van der Waals surface area contributed by atoms with Crippen molar-refractivity contribution in [3.8, 4) is 11.3 Å². The molecule has 0 bridgehead atoms. The van der Waals surface area contributed by atoms with Gasteiger partial charge in [-0.1, -0.05) is 54.1 Å². The van der Waals surface area contributed by atoms with Gasteiger partial charge in [0.05, 0.1) is 11.0 Å². The van der Waals surface area contributed by atoms with E-state index in [0.717, 1.165) is 16.6 Å². The molecule has 0 amide bonds. The van der Waals surface area contributed by atoms with E-state index >= 15 is 0 Å². The van der Waals surface area contributed by atoms with Crippen molar-refractivity contribution in [2.75, 3.05) is 0 Å². The third kappa shape index (κ3) is 2.59. The Morgan fingerprint density at radius 1 is 0.810 bits per heavy atom. The molecule has 2 aromatic carbocycles. The Labute approximate surface area is 125 Å². The molecule has 1 heteroatoms. The highest BCUT2D eigenvalue weighted by molar-refractivity contribution is 5.87. The second-order valence-electron chi connectivity index (χ2n) is 5.31. The van der Waals surface area contributed by atoms with E-state index in [1.165, 1.54) is 21.6 Å². The van der Waals surface area contributed by atoms with E-state index in [0.29, 0.717) is 0 Å². The van der Waals surface area contributed by atoms with Crippen molar-refractivity contribution in [3.63, 3.8) is 0 Å². The first-order valence-electron chi connectivity index (χ1n) is 7.32. The quantitative estimate of drug-likeness (QED) is 0.657.